The molecule has 1 unspecified atom stereocenters. The van der Waals surface area contributed by atoms with E-state index in [1.807, 2.05) is 18.2 Å². The van der Waals surface area contributed by atoms with Gasteiger partial charge in [0.2, 0.25) is 0 Å². The second-order valence-electron chi connectivity index (χ2n) is 9.08. The normalized spacial score (nSPS) is 14.8. The van der Waals surface area contributed by atoms with E-state index in [9.17, 15) is 8.78 Å². The summed E-state index contributed by atoms with van der Waals surface area (Å²) in [7, 11) is 0. The molecule has 0 saturated carbocycles. The molecule has 1 aliphatic rings. The molecule has 5 rings (SSSR count). The molecule has 0 aliphatic carbocycles. The smallest absolute Gasteiger partial charge is 0.167 e. The van der Waals surface area contributed by atoms with Gasteiger partial charge >= 0.3 is 0 Å². The van der Waals surface area contributed by atoms with Crippen molar-refractivity contribution >= 4 is 0 Å². The molecule has 4 aromatic rings. The molecule has 0 bridgehead atoms. The van der Waals surface area contributed by atoms with Gasteiger partial charge in [-0.25, -0.2) is 13.2 Å². The van der Waals surface area contributed by atoms with Crippen LogP contribution in [-0.4, -0.2) is 6.61 Å². The van der Waals surface area contributed by atoms with Crippen molar-refractivity contribution in [2.45, 2.75) is 38.7 Å². The van der Waals surface area contributed by atoms with Gasteiger partial charge in [-0.3, -0.25) is 0 Å². The third-order valence-corrected chi connectivity index (χ3v) is 6.62. The molecule has 0 radical (unpaired) electrons. The number of epoxide rings is 1. The number of aryl methyl sites for hydroxylation is 1. The first-order valence-electron chi connectivity index (χ1n) is 12.1. The maximum atomic E-state index is 15.1. The van der Waals surface area contributed by atoms with E-state index in [1.165, 1.54) is 24.8 Å². The average molecular weight is 473 g/mol. The van der Waals surface area contributed by atoms with Crippen LogP contribution in [0.1, 0.15) is 43.4 Å². The molecule has 0 amide bonds. The van der Waals surface area contributed by atoms with E-state index < -0.39 is 11.6 Å². The van der Waals surface area contributed by atoms with E-state index in [0.717, 1.165) is 17.5 Å². The van der Waals surface area contributed by atoms with Crippen molar-refractivity contribution in [2.24, 2.45) is 0 Å². The van der Waals surface area contributed by atoms with E-state index in [0.29, 0.717) is 23.3 Å². The summed E-state index contributed by atoms with van der Waals surface area (Å²) in [5, 5.41) is 0. The number of unbranched alkanes of at least 4 members (excludes halogenated alkanes) is 2. The second kappa shape index (κ2) is 10.1. The largest absolute Gasteiger partial charge is 0.368 e. The fourth-order valence-corrected chi connectivity index (χ4v) is 4.46. The topological polar surface area (TPSA) is 12.5 Å². The fourth-order valence-electron chi connectivity index (χ4n) is 4.46. The molecule has 1 saturated heterocycles. The number of benzene rings is 4. The zero-order valence-electron chi connectivity index (χ0n) is 19.7. The SMILES string of the molecule is CCCCCc1ccc(-c2ccc(-c3ccc(-c4ccc(C5CO5)c(F)c4F)cc3)c(F)c2)cc1. The van der Waals surface area contributed by atoms with Gasteiger partial charge in [0.1, 0.15) is 11.9 Å². The summed E-state index contributed by atoms with van der Waals surface area (Å²) in [6, 6.07) is 23.5. The predicted octanol–water partition coefficient (Wildman–Crippen LogP) is 8.91. The highest BCUT2D eigenvalue weighted by Gasteiger charge is 2.30. The Hall–Kier alpha value is -3.37. The lowest BCUT2D eigenvalue weighted by Crippen LogP contribution is -1.96. The molecule has 35 heavy (non-hydrogen) atoms. The van der Waals surface area contributed by atoms with E-state index in [1.54, 1.807) is 48.5 Å². The minimum atomic E-state index is -0.891. The van der Waals surface area contributed by atoms with Crippen LogP contribution in [0.25, 0.3) is 33.4 Å². The van der Waals surface area contributed by atoms with Crippen LogP contribution in [0.3, 0.4) is 0 Å². The van der Waals surface area contributed by atoms with Gasteiger partial charge < -0.3 is 4.74 Å². The number of halogens is 3. The first-order chi connectivity index (χ1) is 17.0. The Morgan fingerprint density at radius 1 is 0.686 bits per heavy atom. The first kappa shape index (κ1) is 23.4. The summed E-state index contributed by atoms with van der Waals surface area (Å²) >= 11 is 0. The highest BCUT2D eigenvalue weighted by Crippen LogP contribution is 2.36. The van der Waals surface area contributed by atoms with E-state index in [4.69, 9.17) is 4.74 Å². The van der Waals surface area contributed by atoms with Gasteiger partial charge in [0.25, 0.3) is 0 Å². The van der Waals surface area contributed by atoms with Crippen molar-refractivity contribution in [2.75, 3.05) is 6.61 Å². The lowest BCUT2D eigenvalue weighted by atomic mass is 9.96. The van der Waals surface area contributed by atoms with Crippen LogP contribution in [0, 0.1) is 17.5 Å². The predicted molar refractivity (Wildman–Crippen MR) is 135 cm³/mol. The van der Waals surface area contributed by atoms with Crippen molar-refractivity contribution in [1.82, 2.24) is 0 Å². The molecule has 1 atom stereocenters. The third kappa shape index (κ3) is 5.03. The maximum absolute atomic E-state index is 15.1. The van der Waals surface area contributed by atoms with Crippen molar-refractivity contribution in [3.8, 4) is 33.4 Å². The number of rotatable bonds is 8. The van der Waals surface area contributed by atoms with E-state index in [2.05, 4.69) is 19.1 Å². The number of ether oxygens (including phenoxy) is 1. The van der Waals surface area contributed by atoms with Gasteiger partial charge in [0.15, 0.2) is 11.6 Å². The Labute approximate surface area is 204 Å². The second-order valence-corrected chi connectivity index (χ2v) is 9.08. The number of hydrogen-bond donors (Lipinski definition) is 0. The van der Waals surface area contributed by atoms with Crippen LogP contribution in [0.5, 0.6) is 0 Å². The molecule has 1 heterocycles. The molecule has 1 fully saturated rings. The standard InChI is InChI=1S/C31H27F3O/c1-2-3-4-5-20-6-8-21(9-7-20)24-14-15-25(28(32)18-24)22-10-12-23(13-11-22)26-16-17-27(29-19-35-29)31(34)30(26)33/h6-18,29H,2-5,19H2,1H3. The highest BCUT2D eigenvalue weighted by molar-refractivity contribution is 5.74. The monoisotopic (exact) mass is 472 g/mol. The molecule has 1 aliphatic heterocycles. The van der Waals surface area contributed by atoms with Crippen LogP contribution in [-0.2, 0) is 11.2 Å². The number of hydrogen-bond acceptors (Lipinski definition) is 1. The van der Waals surface area contributed by atoms with Crippen LogP contribution in [0.2, 0.25) is 0 Å². The van der Waals surface area contributed by atoms with Gasteiger partial charge in [0.05, 0.1) is 6.61 Å². The molecule has 0 N–H and O–H groups in total. The molecular formula is C31H27F3O. The molecule has 4 heteroatoms. The van der Waals surface area contributed by atoms with Gasteiger partial charge in [-0.05, 0) is 46.7 Å². The Morgan fingerprint density at radius 2 is 1.29 bits per heavy atom. The minimum absolute atomic E-state index is 0.174. The van der Waals surface area contributed by atoms with Gasteiger partial charge in [-0.1, -0.05) is 92.6 Å². The Balaban J connectivity index is 1.34. The van der Waals surface area contributed by atoms with Crippen molar-refractivity contribution in [1.29, 1.82) is 0 Å². The van der Waals surface area contributed by atoms with Crippen LogP contribution in [0.4, 0.5) is 13.2 Å². The zero-order valence-corrected chi connectivity index (χ0v) is 19.7. The summed E-state index contributed by atoms with van der Waals surface area (Å²) in [6.45, 7) is 2.61. The average Bonchev–Trinajstić information content (AvgIpc) is 3.72. The summed E-state index contributed by atoms with van der Waals surface area (Å²) in [5.41, 5.74) is 5.18. The highest BCUT2D eigenvalue weighted by atomic mass is 19.2. The summed E-state index contributed by atoms with van der Waals surface area (Å²) in [4.78, 5) is 0. The molecule has 0 aromatic heterocycles. The van der Waals surface area contributed by atoms with Gasteiger partial charge in [-0.15, -0.1) is 0 Å². The maximum Gasteiger partial charge on any atom is 0.167 e. The van der Waals surface area contributed by atoms with Crippen molar-refractivity contribution in [3.05, 3.63) is 107 Å². The van der Waals surface area contributed by atoms with Crippen LogP contribution < -0.4 is 0 Å². The first-order valence-corrected chi connectivity index (χ1v) is 12.1. The van der Waals surface area contributed by atoms with Crippen LogP contribution >= 0.6 is 0 Å². The Kier molecular flexibility index (Phi) is 6.74. The molecule has 1 nitrogen and oxygen atoms in total. The van der Waals surface area contributed by atoms with Gasteiger partial charge in [0, 0.05) is 16.7 Å². The summed E-state index contributed by atoms with van der Waals surface area (Å²) in [5.74, 6) is -2.09. The fraction of sp³-hybridized carbons (Fsp3) is 0.226. The third-order valence-electron chi connectivity index (χ3n) is 6.62. The van der Waals surface area contributed by atoms with Crippen LogP contribution in [0.15, 0.2) is 78.9 Å². The zero-order chi connectivity index (χ0) is 24.4. The Bertz CT molecular complexity index is 1320. The quantitative estimate of drug-likeness (QED) is 0.184. The molecule has 178 valence electrons. The molecular weight excluding hydrogens is 445 g/mol. The lowest BCUT2D eigenvalue weighted by Gasteiger charge is -2.10. The molecule has 0 spiro atoms. The van der Waals surface area contributed by atoms with Gasteiger partial charge in [-0.2, -0.15) is 0 Å². The van der Waals surface area contributed by atoms with Crippen molar-refractivity contribution < 1.29 is 17.9 Å². The summed E-state index contributed by atoms with van der Waals surface area (Å²) in [6.07, 6.45) is 4.32. The van der Waals surface area contributed by atoms with Crippen molar-refractivity contribution in [3.63, 3.8) is 0 Å². The lowest BCUT2D eigenvalue weighted by molar-refractivity contribution is 0.401. The minimum Gasteiger partial charge on any atom is -0.368 e. The summed E-state index contributed by atoms with van der Waals surface area (Å²) < 4.78 is 49.2. The Morgan fingerprint density at radius 3 is 1.91 bits per heavy atom. The van der Waals surface area contributed by atoms with E-state index in [-0.39, 0.29) is 23.0 Å². The molecule has 4 aromatic carbocycles. The van der Waals surface area contributed by atoms with E-state index >= 15 is 4.39 Å².